The summed E-state index contributed by atoms with van der Waals surface area (Å²) in [5.74, 6) is -1.43. The van der Waals surface area contributed by atoms with Gasteiger partial charge in [0.05, 0.1) is 21.6 Å². The molecule has 1 heterocycles. The van der Waals surface area contributed by atoms with Crippen LogP contribution in [0.3, 0.4) is 0 Å². The van der Waals surface area contributed by atoms with Gasteiger partial charge in [-0.3, -0.25) is 9.59 Å². The van der Waals surface area contributed by atoms with Crippen LogP contribution in [-0.2, 0) is 19.4 Å². The Labute approximate surface area is 166 Å². The first-order valence-corrected chi connectivity index (χ1v) is 11.2. The van der Waals surface area contributed by atoms with E-state index in [2.05, 4.69) is 10.6 Å². The van der Waals surface area contributed by atoms with Gasteiger partial charge in [-0.25, -0.2) is 12.8 Å². The van der Waals surface area contributed by atoms with Crippen molar-refractivity contribution in [1.29, 1.82) is 0 Å². The molecule has 2 N–H and O–H groups in total. The van der Waals surface area contributed by atoms with Crippen LogP contribution in [0.4, 0.5) is 15.8 Å². The Morgan fingerprint density at radius 1 is 1.21 bits per heavy atom. The number of sulfone groups is 1. The molecule has 1 aliphatic heterocycles. The Morgan fingerprint density at radius 3 is 2.61 bits per heavy atom. The second kappa shape index (κ2) is 8.32. The Kier molecular flexibility index (Phi) is 6.04. The van der Waals surface area contributed by atoms with Crippen molar-refractivity contribution < 1.29 is 22.4 Å². The third-order valence-corrected chi connectivity index (χ3v) is 7.38. The molecule has 0 spiro atoms. The summed E-state index contributed by atoms with van der Waals surface area (Å²) in [5, 5.41) is 5.08. The first kappa shape index (κ1) is 20.3. The summed E-state index contributed by atoms with van der Waals surface area (Å²) < 4.78 is 38.0. The highest BCUT2D eigenvalue weighted by Crippen LogP contribution is 2.38. The van der Waals surface area contributed by atoms with Gasteiger partial charge in [-0.2, -0.15) is 0 Å². The van der Waals surface area contributed by atoms with E-state index in [-0.39, 0.29) is 28.2 Å². The number of halogens is 1. The van der Waals surface area contributed by atoms with Crippen molar-refractivity contribution in [3.8, 4) is 0 Å². The lowest BCUT2D eigenvalue weighted by Gasteiger charge is -2.23. The van der Waals surface area contributed by atoms with Gasteiger partial charge in [-0.05, 0) is 48.9 Å². The number of hydrogen-bond acceptors (Lipinski definition) is 5. The van der Waals surface area contributed by atoms with Crippen LogP contribution in [0.5, 0.6) is 0 Å². The lowest BCUT2D eigenvalue weighted by Crippen LogP contribution is -2.28. The highest BCUT2D eigenvalue weighted by Gasteiger charge is 2.27. The second-order valence-corrected chi connectivity index (χ2v) is 9.64. The molecule has 2 amide bonds. The third kappa shape index (κ3) is 4.71. The van der Waals surface area contributed by atoms with Crippen molar-refractivity contribution in [2.45, 2.75) is 34.8 Å². The van der Waals surface area contributed by atoms with Crippen molar-refractivity contribution in [1.82, 2.24) is 0 Å². The number of carbonyl (C=O) groups excluding carboxylic acids is 2. The van der Waals surface area contributed by atoms with Crippen LogP contribution in [-0.4, -0.2) is 31.2 Å². The number of carbonyl (C=O) groups is 2. The minimum absolute atomic E-state index is 0.0525. The Hall–Kier alpha value is -2.39. The van der Waals surface area contributed by atoms with Crippen molar-refractivity contribution >= 4 is 44.8 Å². The van der Waals surface area contributed by atoms with E-state index in [1.54, 1.807) is 6.07 Å². The number of rotatable bonds is 6. The molecule has 2 aromatic carbocycles. The molecule has 0 saturated heterocycles. The summed E-state index contributed by atoms with van der Waals surface area (Å²) in [4.78, 5) is 24.9. The monoisotopic (exact) mass is 422 g/mol. The number of thioether (sulfide) groups is 1. The predicted octanol–water partition coefficient (Wildman–Crippen LogP) is 3.45. The van der Waals surface area contributed by atoms with Crippen LogP contribution < -0.4 is 10.6 Å². The summed E-state index contributed by atoms with van der Waals surface area (Å²) in [7, 11) is -3.71. The van der Waals surface area contributed by atoms with E-state index in [4.69, 9.17) is 0 Å². The van der Waals surface area contributed by atoms with Crippen molar-refractivity contribution in [2.24, 2.45) is 0 Å². The van der Waals surface area contributed by atoms with Crippen molar-refractivity contribution in [2.75, 3.05) is 16.4 Å². The van der Waals surface area contributed by atoms with E-state index in [0.29, 0.717) is 17.8 Å². The van der Waals surface area contributed by atoms with Crippen molar-refractivity contribution in [3.05, 3.63) is 48.3 Å². The SMILES string of the molecule is CC[C@@H]1Sc2ccc(S(=O)(=O)CCC(=O)Nc3ccc(F)cc3)cc2NC1=O. The smallest absolute Gasteiger partial charge is 0.237 e. The number of nitrogens with one attached hydrogen (secondary N) is 2. The third-order valence-electron chi connectivity index (χ3n) is 4.23. The highest BCUT2D eigenvalue weighted by atomic mass is 32.2. The van der Waals surface area contributed by atoms with E-state index in [0.717, 1.165) is 4.90 Å². The Bertz CT molecular complexity index is 1010. The standard InChI is InChI=1S/C19H19FN2O4S2/c1-2-16-19(24)22-15-11-14(7-8-17(15)27-16)28(25,26)10-9-18(23)21-13-5-3-12(20)4-6-13/h3-8,11,16H,2,9-10H2,1H3,(H,21,23)(H,22,24)/t16-/m0/s1. The fraction of sp³-hybridized carbons (Fsp3) is 0.263. The van der Waals surface area contributed by atoms with Crippen LogP contribution in [0.1, 0.15) is 19.8 Å². The fourth-order valence-corrected chi connectivity index (χ4v) is 4.98. The van der Waals surface area contributed by atoms with E-state index >= 15 is 0 Å². The normalized spacial score (nSPS) is 16.2. The molecule has 0 saturated carbocycles. The predicted molar refractivity (Wildman–Crippen MR) is 107 cm³/mol. The lowest BCUT2D eigenvalue weighted by atomic mass is 10.2. The first-order chi connectivity index (χ1) is 13.3. The average molecular weight is 423 g/mol. The zero-order valence-corrected chi connectivity index (χ0v) is 16.7. The molecule has 0 unspecified atom stereocenters. The summed E-state index contributed by atoms with van der Waals surface area (Å²) in [6, 6.07) is 9.80. The molecular weight excluding hydrogens is 403 g/mol. The Balaban J connectivity index is 1.66. The molecule has 1 atom stereocenters. The summed E-state index contributed by atoms with van der Waals surface area (Å²) >= 11 is 1.41. The maximum atomic E-state index is 12.9. The summed E-state index contributed by atoms with van der Waals surface area (Å²) in [5.41, 5.74) is 0.860. The van der Waals surface area contributed by atoms with E-state index < -0.39 is 21.6 Å². The van der Waals surface area contributed by atoms with Gasteiger partial charge >= 0.3 is 0 Å². The van der Waals surface area contributed by atoms with Crippen LogP contribution >= 0.6 is 11.8 Å². The molecule has 9 heteroatoms. The van der Waals surface area contributed by atoms with E-state index in [9.17, 15) is 22.4 Å². The van der Waals surface area contributed by atoms with E-state index in [1.165, 1.54) is 48.2 Å². The summed E-state index contributed by atoms with van der Waals surface area (Å²) in [6.07, 6.45) is 0.439. The molecule has 0 aliphatic carbocycles. The maximum absolute atomic E-state index is 12.9. The van der Waals surface area contributed by atoms with Gasteiger partial charge in [-0.1, -0.05) is 6.92 Å². The van der Waals surface area contributed by atoms with Gasteiger partial charge in [0.1, 0.15) is 5.82 Å². The van der Waals surface area contributed by atoms with Gasteiger partial charge in [0.25, 0.3) is 0 Å². The van der Waals surface area contributed by atoms with Crippen LogP contribution in [0.25, 0.3) is 0 Å². The topological polar surface area (TPSA) is 92.3 Å². The molecule has 28 heavy (non-hydrogen) atoms. The van der Waals surface area contributed by atoms with Gasteiger partial charge in [0.15, 0.2) is 9.84 Å². The van der Waals surface area contributed by atoms with Crippen LogP contribution in [0.15, 0.2) is 52.3 Å². The molecule has 0 radical (unpaired) electrons. The fourth-order valence-electron chi connectivity index (χ4n) is 2.69. The number of fused-ring (bicyclic) bond motifs is 1. The van der Waals surface area contributed by atoms with Gasteiger partial charge in [0, 0.05) is 17.0 Å². The van der Waals surface area contributed by atoms with Crippen LogP contribution in [0.2, 0.25) is 0 Å². The molecule has 0 aromatic heterocycles. The van der Waals surface area contributed by atoms with E-state index in [1.807, 2.05) is 6.92 Å². The minimum Gasteiger partial charge on any atom is -0.326 e. The molecule has 2 aromatic rings. The van der Waals surface area contributed by atoms with Gasteiger partial charge < -0.3 is 10.6 Å². The van der Waals surface area contributed by atoms with Crippen molar-refractivity contribution in [3.63, 3.8) is 0 Å². The maximum Gasteiger partial charge on any atom is 0.237 e. The Morgan fingerprint density at radius 2 is 1.93 bits per heavy atom. The zero-order valence-electron chi connectivity index (χ0n) is 15.1. The number of benzene rings is 2. The largest absolute Gasteiger partial charge is 0.326 e. The zero-order chi connectivity index (χ0) is 20.3. The molecule has 0 bridgehead atoms. The number of hydrogen-bond donors (Lipinski definition) is 2. The molecule has 6 nitrogen and oxygen atoms in total. The molecular formula is C19H19FN2O4S2. The van der Waals surface area contributed by atoms with Gasteiger partial charge in [-0.15, -0.1) is 11.8 Å². The average Bonchev–Trinajstić information content (AvgIpc) is 2.67. The lowest BCUT2D eigenvalue weighted by molar-refractivity contribution is -0.116. The number of anilines is 2. The molecule has 0 fully saturated rings. The molecule has 3 rings (SSSR count). The molecule has 148 valence electrons. The molecule has 1 aliphatic rings. The second-order valence-electron chi connectivity index (χ2n) is 6.29. The number of amides is 2. The van der Waals surface area contributed by atoms with Gasteiger partial charge in [0.2, 0.25) is 11.8 Å². The first-order valence-electron chi connectivity index (χ1n) is 8.68. The summed E-state index contributed by atoms with van der Waals surface area (Å²) in [6.45, 7) is 1.91. The quantitative estimate of drug-likeness (QED) is 0.744. The highest BCUT2D eigenvalue weighted by molar-refractivity contribution is 8.01. The van der Waals surface area contributed by atoms with Crippen LogP contribution in [0, 0.1) is 5.82 Å². The minimum atomic E-state index is -3.71.